The van der Waals surface area contributed by atoms with Gasteiger partial charge >= 0.3 is 5.91 Å². The molecule has 0 bridgehead atoms. The fourth-order valence-corrected chi connectivity index (χ4v) is 1.28. The van der Waals surface area contributed by atoms with Crippen LogP contribution in [-0.2, 0) is 0 Å². The Hall–Kier alpha value is -1.25. The first-order valence-electron chi connectivity index (χ1n) is 4.64. The Kier molecular flexibility index (Phi) is 4.59. The molecule has 0 fully saturated rings. The van der Waals surface area contributed by atoms with Gasteiger partial charge in [0, 0.05) is 13.6 Å². The van der Waals surface area contributed by atoms with Crippen molar-refractivity contribution in [1.82, 2.24) is 15.8 Å². The van der Waals surface area contributed by atoms with Crippen LogP contribution in [0.2, 0.25) is 0 Å². The van der Waals surface area contributed by atoms with Gasteiger partial charge in [0.2, 0.25) is 5.96 Å². The normalized spacial score (nSPS) is 13.4. The van der Waals surface area contributed by atoms with Crippen molar-refractivity contribution >= 4 is 35.8 Å². The van der Waals surface area contributed by atoms with E-state index in [0.717, 1.165) is 13.1 Å². The van der Waals surface area contributed by atoms with Gasteiger partial charge in [-0.05, 0) is 12.1 Å². The third-order valence-corrected chi connectivity index (χ3v) is 1.99. The number of carbonyl (C=O) groups is 1. The molecule has 0 atom stereocenters. The van der Waals surface area contributed by atoms with Crippen molar-refractivity contribution in [3.8, 4) is 0 Å². The van der Waals surface area contributed by atoms with Crippen LogP contribution in [0.25, 0.3) is 0 Å². The Balaban J connectivity index is 0.00000128. The van der Waals surface area contributed by atoms with Crippen LogP contribution in [-0.4, -0.2) is 37.0 Å². The molecule has 0 saturated heterocycles. The fraction of sp³-hybridized carbons (Fsp3) is 0.333. The molecule has 1 aromatic rings. The molecular formula is C9H13IN4O2. The van der Waals surface area contributed by atoms with E-state index in [-0.39, 0.29) is 35.6 Å². The van der Waals surface area contributed by atoms with E-state index in [1.165, 1.54) is 11.3 Å². The number of rotatable bonds is 1. The van der Waals surface area contributed by atoms with Gasteiger partial charge in [0.25, 0.3) is 0 Å². The number of nitrogens with zero attached hydrogens (tertiary/aromatic N) is 2. The molecule has 16 heavy (non-hydrogen) atoms. The lowest BCUT2D eigenvalue weighted by atomic mass is 10.4. The number of halogens is 1. The van der Waals surface area contributed by atoms with Gasteiger partial charge in [0.15, 0.2) is 5.76 Å². The summed E-state index contributed by atoms with van der Waals surface area (Å²) in [6.45, 7) is 1.53. The summed E-state index contributed by atoms with van der Waals surface area (Å²) in [4.78, 5) is 15.7. The van der Waals surface area contributed by atoms with Crippen molar-refractivity contribution in [2.45, 2.75) is 0 Å². The minimum absolute atomic E-state index is 0. The van der Waals surface area contributed by atoms with Gasteiger partial charge in [-0.15, -0.1) is 24.0 Å². The Morgan fingerprint density at radius 1 is 1.69 bits per heavy atom. The number of aliphatic imine (C=N–C) groups is 1. The zero-order valence-electron chi connectivity index (χ0n) is 8.77. The predicted octanol–water partition coefficient (Wildman–Crippen LogP) is 0.433. The molecule has 0 aliphatic carbocycles. The first-order chi connectivity index (χ1) is 7.27. The summed E-state index contributed by atoms with van der Waals surface area (Å²) in [6, 6.07) is 3.27. The van der Waals surface area contributed by atoms with E-state index in [2.05, 4.69) is 15.7 Å². The summed E-state index contributed by atoms with van der Waals surface area (Å²) in [7, 11) is 1.72. The molecule has 0 saturated carbocycles. The molecule has 0 aromatic carbocycles. The predicted molar refractivity (Wildman–Crippen MR) is 69.7 cm³/mol. The second-order valence-electron chi connectivity index (χ2n) is 3.11. The highest BCUT2D eigenvalue weighted by molar-refractivity contribution is 14.0. The molecule has 88 valence electrons. The van der Waals surface area contributed by atoms with Crippen LogP contribution in [0, 0.1) is 0 Å². The lowest BCUT2D eigenvalue weighted by molar-refractivity contribution is 0.0856. The van der Waals surface area contributed by atoms with E-state index in [0.29, 0.717) is 5.96 Å². The minimum Gasteiger partial charge on any atom is -0.459 e. The van der Waals surface area contributed by atoms with E-state index < -0.39 is 0 Å². The van der Waals surface area contributed by atoms with E-state index in [1.54, 1.807) is 19.2 Å². The van der Waals surface area contributed by atoms with Crippen molar-refractivity contribution in [1.29, 1.82) is 0 Å². The lowest BCUT2D eigenvalue weighted by Gasteiger charge is -2.18. The molecular weight excluding hydrogens is 323 g/mol. The second-order valence-corrected chi connectivity index (χ2v) is 3.11. The maximum atomic E-state index is 11.5. The van der Waals surface area contributed by atoms with Gasteiger partial charge < -0.3 is 9.73 Å². The van der Waals surface area contributed by atoms with Gasteiger partial charge in [-0.1, -0.05) is 0 Å². The highest BCUT2D eigenvalue weighted by Gasteiger charge is 2.15. The molecule has 0 unspecified atom stereocenters. The molecule has 1 aliphatic rings. The summed E-state index contributed by atoms with van der Waals surface area (Å²) in [5, 5.41) is 4.58. The van der Waals surface area contributed by atoms with Crippen molar-refractivity contribution in [2.75, 3.05) is 20.1 Å². The lowest BCUT2D eigenvalue weighted by Crippen LogP contribution is -2.47. The zero-order chi connectivity index (χ0) is 10.7. The van der Waals surface area contributed by atoms with Crippen LogP contribution >= 0.6 is 24.0 Å². The molecule has 1 aliphatic heterocycles. The maximum absolute atomic E-state index is 11.5. The summed E-state index contributed by atoms with van der Waals surface area (Å²) in [6.07, 6.45) is 1.46. The monoisotopic (exact) mass is 336 g/mol. The highest BCUT2D eigenvalue weighted by Crippen LogP contribution is 1.99. The van der Waals surface area contributed by atoms with Gasteiger partial charge in [0.1, 0.15) is 0 Å². The number of hydrogen-bond donors (Lipinski definition) is 2. The average molecular weight is 336 g/mol. The Labute approximate surface area is 110 Å². The number of hydrazine groups is 1. The number of carbonyl (C=O) groups excluding carboxylic acids is 1. The Bertz CT molecular complexity index is 377. The largest absolute Gasteiger partial charge is 0.459 e. The van der Waals surface area contributed by atoms with E-state index in [1.807, 2.05) is 0 Å². The van der Waals surface area contributed by atoms with Gasteiger partial charge in [-0.3, -0.25) is 15.2 Å². The summed E-state index contributed by atoms with van der Waals surface area (Å²) >= 11 is 0. The van der Waals surface area contributed by atoms with Crippen LogP contribution in [0.4, 0.5) is 0 Å². The van der Waals surface area contributed by atoms with Crippen molar-refractivity contribution < 1.29 is 9.21 Å². The van der Waals surface area contributed by atoms with Crippen LogP contribution in [0.1, 0.15) is 10.6 Å². The van der Waals surface area contributed by atoms with Gasteiger partial charge in [-0.25, -0.2) is 4.99 Å². The SMILES string of the molecule is CN(NC(=O)c1ccco1)C1=NCCN1.I. The first-order valence-corrected chi connectivity index (χ1v) is 4.64. The third-order valence-electron chi connectivity index (χ3n) is 1.99. The van der Waals surface area contributed by atoms with Crippen LogP contribution in [0.5, 0.6) is 0 Å². The fourth-order valence-electron chi connectivity index (χ4n) is 1.28. The molecule has 2 heterocycles. The molecule has 1 aromatic heterocycles. The number of nitrogens with one attached hydrogen (secondary N) is 2. The molecule has 0 radical (unpaired) electrons. The van der Waals surface area contributed by atoms with Crippen LogP contribution in [0.3, 0.4) is 0 Å². The number of guanidine groups is 1. The van der Waals surface area contributed by atoms with Gasteiger partial charge in [0.05, 0.1) is 12.8 Å². The number of hydrogen-bond acceptors (Lipinski definition) is 5. The van der Waals surface area contributed by atoms with Crippen molar-refractivity contribution in [3.05, 3.63) is 24.2 Å². The smallest absolute Gasteiger partial charge is 0.305 e. The van der Waals surface area contributed by atoms with Gasteiger partial charge in [-0.2, -0.15) is 0 Å². The highest BCUT2D eigenvalue weighted by atomic mass is 127. The third kappa shape index (κ3) is 2.87. The zero-order valence-corrected chi connectivity index (χ0v) is 11.1. The van der Waals surface area contributed by atoms with Crippen molar-refractivity contribution in [3.63, 3.8) is 0 Å². The molecule has 7 heteroatoms. The number of amides is 1. The van der Waals surface area contributed by atoms with E-state index in [9.17, 15) is 4.79 Å². The molecule has 0 spiro atoms. The van der Waals surface area contributed by atoms with Crippen LogP contribution < -0.4 is 10.7 Å². The van der Waals surface area contributed by atoms with Crippen molar-refractivity contribution in [2.24, 2.45) is 4.99 Å². The molecule has 2 N–H and O–H groups in total. The number of furan rings is 1. The quantitative estimate of drug-likeness (QED) is 0.577. The van der Waals surface area contributed by atoms with Crippen LogP contribution in [0.15, 0.2) is 27.8 Å². The standard InChI is InChI=1S/C9H12N4O2.HI/c1-13(9-10-4-5-11-9)12-8(14)7-3-2-6-15-7;/h2-3,6H,4-5H2,1H3,(H,10,11)(H,12,14);1H. The second kappa shape index (κ2) is 5.73. The first kappa shape index (κ1) is 12.8. The Morgan fingerprint density at radius 2 is 2.50 bits per heavy atom. The van der Waals surface area contributed by atoms with E-state index in [4.69, 9.17) is 4.42 Å². The minimum atomic E-state index is -0.293. The summed E-state index contributed by atoms with van der Waals surface area (Å²) in [5.41, 5.74) is 2.63. The Morgan fingerprint density at radius 3 is 3.06 bits per heavy atom. The molecule has 2 rings (SSSR count). The molecule has 6 nitrogen and oxygen atoms in total. The summed E-state index contributed by atoms with van der Waals surface area (Å²) in [5.74, 6) is 0.647. The summed E-state index contributed by atoms with van der Waals surface area (Å²) < 4.78 is 4.96. The van der Waals surface area contributed by atoms with E-state index >= 15 is 0 Å². The average Bonchev–Trinajstić information content (AvgIpc) is 2.91. The topological polar surface area (TPSA) is 69.9 Å². The molecule has 1 amide bonds. The maximum Gasteiger partial charge on any atom is 0.305 e.